The largest absolute Gasteiger partial charge is 0.507 e. The molecule has 5 rings (SSSR count). The van der Waals surface area contributed by atoms with Crippen LogP contribution in [-0.4, -0.2) is 45.2 Å². The van der Waals surface area contributed by atoms with Crippen LogP contribution >= 0.6 is 23.1 Å². The molecule has 1 aliphatic rings. The molecule has 2 aromatic heterocycles. The van der Waals surface area contributed by atoms with Gasteiger partial charge in [-0.3, -0.25) is 19.5 Å². The van der Waals surface area contributed by atoms with E-state index in [0.717, 1.165) is 5.56 Å². The molecule has 0 radical (unpaired) electrons. The molecule has 9 nitrogen and oxygen atoms in total. The summed E-state index contributed by atoms with van der Waals surface area (Å²) in [7, 11) is 0. The van der Waals surface area contributed by atoms with Crippen LogP contribution in [0.25, 0.3) is 5.76 Å². The summed E-state index contributed by atoms with van der Waals surface area (Å²) in [5.41, 5.74) is 3.12. The molecule has 11 heteroatoms. The van der Waals surface area contributed by atoms with Crippen LogP contribution in [0.3, 0.4) is 0 Å². The minimum atomic E-state index is -0.992. The predicted molar refractivity (Wildman–Crippen MR) is 163 cm³/mol. The zero-order chi connectivity index (χ0) is 29.6. The summed E-state index contributed by atoms with van der Waals surface area (Å²) >= 11 is 2.70. The number of ether oxygens (including phenoxy) is 2. The molecule has 1 unspecified atom stereocenters. The highest BCUT2D eigenvalue weighted by Crippen LogP contribution is 2.45. The lowest BCUT2D eigenvalue weighted by Crippen LogP contribution is -2.29. The van der Waals surface area contributed by atoms with Gasteiger partial charge in [0.25, 0.3) is 5.78 Å². The summed E-state index contributed by atoms with van der Waals surface area (Å²) in [6.45, 7) is 8.20. The number of benzene rings is 2. The molecule has 1 saturated heterocycles. The average molecular weight is 601 g/mol. The van der Waals surface area contributed by atoms with Crippen molar-refractivity contribution >= 4 is 45.7 Å². The molecule has 1 fully saturated rings. The number of carbonyl (C=O) groups excluding carboxylic acids is 2. The number of ketones is 1. The van der Waals surface area contributed by atoms with Crippen LogP contribution in [0.1, 0.15) is 35.2 Å². The third-order valence-electron chi connectivity index (χ3n) is 6.42. The van der Waals surface area contributed by atoms with Crippen molar-refractivity contribution in [1.82, 2.24) is 15.2 Å². The van der Waals surface area contributed by atoms with Crippen molar-refractivity contribution in [2.75, 3.05) is 18.1 Å². The van der Waals surface area contributed by atoms with Gasteiger partial charge in [0.15, 0.2) is 15.8 Å². The lowest BCUT2D eigenvalue weighted by Gasteiger charge is -2.23. The Morgan fingerprint density at radius 3 is 2.55 bits per heavy atom. The fourth-order valence-electron chi connectivity index (χ4n) is 4.43. The zero-order valence-electron chi connectivity index (χ0n) is 23.0. The van der Waals surface area contributed by atoms with Gasteiger partial charge in [0, 0.05) is 23.7 Å². The second kappa shape index (κ2) is 13.0. The Balaban J connectivity index is 1.56. The number of aryl methyl sites for hydroxylation is 1. The number of aromatic nitrogens is 3. The van der Waals surface area contributed by atoms with Gasteiger partial charge in [0.05, 0.1) is 18.2 Å². The summed E-state index contributed by atoms with van der Waals surface area (Å²) in [5, 5.41) is 20.2. The van der Waals surface area contributed by atoms with Crippen molar-refractivity contribution in [3.63, 3.8) is 0 Å². The molecule has 214 valence electrons. The topological polar surface area (TPSA) is 115 Å². The Morgan fingerprint density at radius 1 is 1.07 bits per heavy atom. The number of amides is 1. The molecule has 0 bridgehead atoms. The summed E-state index contributed by atoms with van der Waals surface area (Å²) < 4.78 is 12.2. The smallest absolute Gasteiger partial charge is 0.301 e. The van der Waals surface area contributed by atoms with E-state index in [-0.39, 0.29) is 23.1 Å². The van der Waals surface area contributed by atoms with Gasteiger partial charge in [-0.1, -0.05) is 71.6 Å². The summed E-state index contributed by atoms with van der Waals surface area (Å²) in [6, 6.07) is 15.5. The fraction of sp³-hybridized carbons (Fsp3) is 0.194. The van der Waals surface area contributed by atoms with E-state index in [1.807, 2.05) is 26.0 Å². The van der Waals surface area contributed by atoms with Crippen molar-refractivity contribution in [3.8, 4) is 11.5 Å². The molecule has 1 amide bonds. The van der Waals surface area contributed by atoms with E-state index < -0.39 is 17.7 Å². The minimum absolute atomic E-state index is 0.0718. The normalized spacial score (nSPS) is 16.0. The average Bonchev–Trinajstić information content (AvgIpc) is 3.58. The Kier molecular flexibility index (Phi) is 8.99. The minimum Gasteiger partial charge on any atom is -0.507 e. The number of aliphatic hydroxyl groups is 1. The Morgan fingerprint density at radius 2 is 1.83 bits per heavy atom. The van der Waals surface area contributed by atoms with E-state index in [0.29, 0.717) is 39.3 Å². The van der Waals surface area contributed by atoms with Crippen LogP contribution in [0.15, 0.2) is 89.6 Å². The molecule has 3 heterocycles. The van der Waals surface area contributed by atoms with Gasteiger partial charge in [-0.25, -0.2) is 0 Å². The van der Waals surface area contributed by atoms with Crippen LogP contribution in [0.5, 0.6) is 11.5 Å². The van der Waals surface area contributed by atoms with E-state index in [4.69, 9.17) is 9.47 Å². The number of nitrogens with zero attached hydrogens (tertiary/aromatic N) is 4. The number of carbonyl (C=O) groups is 2. The first-order valence-corrected chi connectivity index (χ1v) is 14.9. The molecule has 1 atom stereocenters. The summed E-state index contributed by atoms with van der Waals surface area (Å²) in [5.74, 6) is -0.375. The SMILES string of the molecule is C=CCOc1ccc(C2/C(=C(\O)c3ccncc3)C(=O)C(=O)N2c2nnc(SCc3ccc(C)cc3)s2)cc1OCC. The standard InChI is InChI=1S/C31H28N4O5S2/c1-4-16-40-23-11-10-22(17-24(23)39-5-2)26-25(27(36)21-12-14-32-15-13-21)28(37)29(38)35(26)30-33-34-31(42-30)41-18-20-8-6-19(3)7-9-20/h4,6-15,17,26,36H,1,5,16,18H2,2-3H3/b27-25+. The molecule has 2 aromatic carbocycles. The van der Waals surface area contributed by atoms with Crippen molar-refractivity contribution in [3.05, 3.63) is 107 Å². The van der Waals surface area contributed by atoms with Crippen LogP contribution in [0.2, 0.25) is 0 Å². The van der Waals surface area contributed by atoms with Gasteiger partial charge in [0.2, 0.25) is 5.13 Å². The van der Waals surface area contributed by atoms with Crippen LogP contribution < -0.4 is 14.4 Å². The number of pyridine rings is 1. The van der Waals surface area contributed by atoms with Gasteiger partial charge < -0.3 is 14.6 Å². The van der Waals surface area contributed by atoms with Crippen molar-refractivity contribution in [2.45, 2.75) is 30.0 Å². The molecule has 0 spiro atoms. The third kappa shape index (κ3) is 6.07. The van der Waals surface area contributed by atoms with Gasteiger partial charge in [0.1, 0.15) is 12.4 Å². The van der Waals surface area contributed by atoms with E-state index in [2.05, 4.69) is 33.9 Å². The molecule has 4 aromatic rings. The molecular weight excluding hydrogens is 572 g/mol. The van der Waals surface area contributed by atoms with Crippen LogP contribution in [-0.2, 0) is 15.3 Å². The first kappa shape index (κ1) is 29.0. The quantitative estimate of drug-likeness (QED) is 0.0543. The molecule has 1 aliphatic heterocycles. The first-order chi connectivity index (χ1) is 20.4. The summed E-state index contributed by atoms with van der Waals surface area (Å²) in [4.78, 5) is 32.3. The zero-order valence-corrected chi connectivity index (χ0v) is 24.7. The van der Waals surface area contributed by atoms with Crippen molar-refractivity contribution in [2.24, 2.45) is 0 Å². The second-order valence-electron chi connectivity index (χ2n) is 9.27. The number of hydrogen-bond acceptors (Lipinski definition) is 10. The number of thioether (sulfide) groups is 1. The molecule has 0 aliphatic carbocycles. The van der Waals surface area contributed by atoms with E-state index in [1.165, 1.54) is 46.0 Å². The van der Waals surface area contributed by atoms with E-state index in [1.54, 1.807) is 36.4 Å². The maximum absolute atomic E-state index is 13.6. The maximum Gasteiger partial charge on any atom is 0.301 e. The third-order valence-corrected chi connectivity index (χ3v) is 8.55. The van der Waals surface area contributed by atoms with E-state index in [9.17, 15) is 14.7 Å². The Labute approximate surface area is 251 Å². The highest BCUT2D eigenvalue weighted by Gasteiger charge is 2.48. The van der Waals surface area contributed by atoms with Crippen LogP contribution in [0.4, 0.5) is 5.13 Å². The summed E-state index contributed by atoms with van der Waals surface area (Å²) in [6.07, 6.45) is 4.62. The van der Waals surface area contributed by atoms with Gasteiger partial charge >= 0.3 is 5.91 Å². The lowest BCUT2D eigenvalue weighted by atomic mass is 9.95. The van der Waals surface area contributed by atoms with Crippen molar-refractivity contribution in [1.29, 1.82) is 0 Å². The van der Waals surface area contributed by atoms with Crippen molar-refractivity contribution < 1.29 is 24.2 Å². The fourth-order valence-corrected chi connectivity index (χ4v) is 6.25. The molecular formula is C31H28N4O5S2. The molecule has 1 N–H and O–H groups in total. The van der Waals surface area contributed by atoms with Gasteiger partial charge in [-0.15, -0.1) is 10.2 Å². The van der Waals surface area contributed by atoms with Gasteiger partial charge in [-0.05, 0) is 49.2 Å². The number of rotatable bonds is 11. The second-order valence-corrected chi connectivity index (χ2v) is 11.4. The number of aliphatic hydroxyl groups excluding tert-OH is 1. The number of Topliss-reactive ketones (excluding diaryl/α,β-unsaturated/α-hetero) is 1. The Hall–Kier alpha value is -4.48. The molecule has 42 heavy (non-hydrogen) atoms. The predicted octanol–water partition coefficient (Wildman–Crippen LogP) is 6.12. The Bertz CT molecular complexity index is 1640. The number of anilines is 1. The van der Waals surface area contributed by atoms with E-state index >= 15 is 0 Å². The number of hydrogen-bond donors (Lipinski definition) is 1. The maximum atomic E-state index is 13.6. The van der Waals surface area contributed by atoms with Crippen LogP contribution in [0, 0.1) is 6.92 Å². The van der Waals surface area contributed by atoms with Gasteiger partial charge in [-0.2, -0.15) is 0 Å². The lowest BCUT2D eigenvalue weighted by molar-refractivity contribution is -0.132. The highest BCUT2D eigenvalue weighted by atomic mass is 32.2. The molecule has 0 saturated carbocycles. The monoisotopic (exact) mass is 600 g/mol. The highest BCUT2D eigenvalue weighted by molar-refractivity contribution is 8.00. The first-order valence-electron chi connectivity index (χ1n) is 13.1.